The minimum absolute atomic E-state index is 0.177. The standard InChI is InChI=1S/C15H24N2O3S/c1-11(2)10-20-8-5-7-16-14(18)12(3)17-15(19)13-6-4-9-21-13/h4,6,9,11-12H,5,7-8,10H2,1-3H3,(H,16,18)(H,17,19). The van der Waals surface area contributed by atoms with Gasteiger partial charge in [0.15, 0.2) is 0 Å². The van der Waals surface area contributed by atoms with Gasteiger partial charge in [0, 0.05) is 19.8 Å². The summed E-state index contributed by atoms with van der Waals surface area (Å²) >= 11 is 1.35. The van der Waals surface area contributed by atoms with Crippen LogP contribution in [0.15, 0.2) is 17.5 Å². The third-order valence-electron chi connectivity index (χ3n) is 2.70. The molecule has 21 heavy (non-hydrogen) atoms. The minimum Gasteiger partial charge on any atom is -0.381 e. The molecule has 0 saturated carbocycles. The second-order valence-electron chi connectivity index (χ2n) is 5.29. The highest BCUT2D eigenvalue weighted by Crippen LogP contribution is 2.08. The van der Waals surface area contributed by atoms with Crippen molar-refractivity contribution in [2.24, 2.45) is 5.92 Å². The van der Waals surface area contributed by atoms with Gasteiger partial charge in [-0.05, 0) is 30.7 Å². The molecule has 0 aliphatic rings. The first kappa shape index (κ1) is 17.7. The molecule has 0 fully saturated rings. The van der Waals surface area contributed by atoms with Crippen molar-refractivity contribution in [3.8, 4) is 0 Å². The molecule has 5 nitrogen and oxygen atoms in total. The van der Waals surface area contributed by atoms with Gasteiger partial charge in [0.25, 0.3) is 5.91 Å². The monoisotopic (exact) mass is 312 g/mol. The predicted octanol–water partition coefficient (Wildman–Crippen LogP) is 2.05. The number of nitrogens with one attached hydrogen (secondary N) is 2. The normalized spacial score (nSPS) is 12.2. The lowest BCUT2D eigenvalue weighted by Crippen LogP contribution is -2.45. The molecule has 1 unspecified atom stereocenters. The van der Waals surface area contributed by atoms with Gasteiger partial charge in [-0.15, -0.1) is 11.3 Å². The molecule has 2 N–H and O–H groups in total. The number of carbonyl (C=O) groups is 2. The fourth-order valence-electron chi connectivity index (χ4n) is 1.60. The Balaban J connectivity index is 2.15. The van der Waals surface area contributed by atoms with E-state index in [0.717, 1.165) is 13.0 Å². The average molecular weight is 312 g/mol. The van der Waals surface area contributed by atoms with Crippen LogP contribution in [0.1, 0.15) is 36.9 Å². The Labute approximate surface area is 130 Å². The fraction of sp³-hybridized carbons (Fsp3) is 0.600. The molecule has 0 aromatic carbocycles. The van der Waals surface area contributed by atoms with Crippen LogP contribution in [0, 0.1) is 5.92 Å². The van der Waals surface area contributed by atoms with Gasteiger partial charge in [-0.3, -0.25) is 9.59 Å². The van der Waals surface area contributed by atoms with Gasteiger partial charge in [-0.2, -0.15) is 0 Å². The van der Waals surface area contributed by atoms with Crippen LogP contribution in [-0.4, -0.2) is 37.6 Å². The second-order valence-corrected chi connectivity index (χ2v) is 6.23. The number of hydrogen-bond acceptors (Lipinski definition) is 4. The second kappa shape index (κ2) is 9.52. The molecule has 1 aromatic rings. The first-order chi connectivity index (χ1) is 10.0. The molecule has 1 aromatic heterocycles. The van der Waals surface area contributed by atoms with Crippen molar-refractivity contribution in [1.29, 1.82) is 0 Å². The van der Waals surface area contributed by atoms with E-state index < -0.39 is 6.04 Å². The van der Waals surface area contributed by atoms with E-state index in [0.29, 0.717) is 23.9 Å². The van der Waals surface area contributed by atoms with Crippen LogP contribution in [0.2, 0.25) is 0 Å². The molecule has 1 atom stereocenters. The zero-order valence-corrected chi connectivity index (χ0v) is 13.7. The van der Waals surface area contributed by atoms with Crippen molar-refractivity contribution in [2.75, 3.05) is 19.8 Å². The Hall–Kier alpha value is -1.40. The summed E-state index contributed by atoms with van der Waals surface area (Å²) in [6, 6.07) is 2.99. The molecule has 0 spiro atoms. The Morgan fingerprint density at radius 1 is 1.33 bits per heavy atom. The van der Waals surface area contributed by atoms with Crippen LogP contribution >= 0.6 is 11.3 Å². The smallest absolute Gasteiger partial charge is 0.261 e. The summed E-state index contributed by atoms with van der Waals surface area (Å²) in [5, 5.41) is 7.30. The third kappa shape index (κ3) is 7.24. The Bertz CT molecular complexity index is 432. The SMILES string of the molecule is CC(C)COCCCNC(=O)C(C)NC(=O)c1cccs1. The highest BCUT2D eigenvalue weighted by molar-refractivity contribution is 7.12. The van der Waals surface area contributed by atoms with Crippen LogP contribution in [-0.2, 0) is 9.53 Å². The summed E-state index contributed by atoms with van der Waals surface area (Å²) in [6.07, 6.45) is 0.768. The third-order valence-corrected chi connectivity index (χ3v) is 3.57. The molecule has 0 aliphatic carbocycles. The maximum absolute atomic E-state index is 11.8. The molecule has 118 valence electrons. The maximum atomic E-state index is 11.8. The largest absolute Gasteiger partial charge is 0.381 e. The summed E-state index contributed by atoms with van der Waals surface area (Å²) in [7, 11) is 0. The summed E-state index contributed by atoms with van der Waals surface area (Å²) in [5.41, 5.74) is 0. The lowest BCUT2D eigenvalue weighted by Gasteiger charge is -2.13. The van der Waals surface area contributed by atoms with Gasteiger partial charge in [0.1, 0.15) is 6.04 Å². The Kier molecular flexibility index (Phi) is 8.00. The molecular formula is C15H24N2O3S. The van der Waals surface area contributed by atoms with Crippen LogP contribution in [0.5, 0.6) is 0 Å². The van der Waals surface area contributed by atoms with E-state index in [9.17, 15) is 9.59 Å². The quantitative estimate of drug-likeness (QED) is 0.686. The average Bonchev–Trinajstić information content (AvgIpc) is 2.96. The number of thiophene rings is 1. The molecule has 0 saturated heterocycles. The van der Waals surface area contributed by atoms with Crippen molar-refractivity contribution in [3.05, 3.63) is 22.4 Å². The first-order valence-corrected chi connectivity index (χ1v) is 8.08. The summed E-state index contributed by atoms with van der Waals surface area (Å²) in [4.78, 5) is 24.2. The zero-order valence-electron chi connectivity index (χ0n) is 12.8. The van der Waals surface area contributed by atoms with E-state index in [1.54, 1.807) is 13.0 Å². The van der Waals surface area contributed by atoms with Crippen molar-refractivity contribution in [2.45, 2.75) is 33.2 Å². The Morgan fingerprint density at radius 3 is 2.71 bits per heavy atom. The van der Waals surface area contributed by atoms with E-state index in [4.69, 9.17) is 4.74 Å². The predicted molar refractivity (Wildman–Crippen MR) is 84.5 cm³/mol. The van der Waals surface area contributed by atoms with E-state index in [1.165, 1.54) is 11.3 Å². The van der Waals surface area contributed by atoms with Crippen LogP contribution in [0.3, 0.4) is 0 Å². The molecule has 1 heterocycles. The van der Waals surface area contributed by atoms with Gasteiger partial charge in [-0.1, -0.05) is 19.9 Å². The number of carbonyl (C=O) groups excluding carboxylic acids is 2. The van der Waals surface area contributed by atoms with Gasteiger partial charge >= 0.3 is 0 Å². The highest BCUT2D eigenvalue weighted by atomic mass is 32.1. The number of ether oxygens (including phenoxy) is 1. The molecule has 2 amide bonds. The van der Waals surface area contributed by atoms with Crippen molar-refractivity contribution >= 4 is 23.2 Å². The van der Waals surface area contributed by atoms with E-state index in [1.807, 2.05) is 11.4 Å². The van der Waals surface area contributed by atoms with Crippen LogP contribution in [0.4, 0.5) is 0 Å². The number of amides is 2. The molecular weight excluding hydrogens is 288 g/mol. The summed E-state index contributed by atoms with van der Waals surface area (Å²) in [6.45, 7) is 7.79. The lowest BCUT2D eigenvalue weighted by atomic mass is 10.2. The lowest BCUT2D eigenvalue weighted by molar-refractivity contribution is -0.122. The molecule has 0 bridgehead atoms. The summed E-state index contributed by atoms with van der Waals surface area (Å²) < 4.78 is 5.43. The Morgan fingerprint density at radius 2 is 2.10 bits per heavy atom. The van der Waals surface area contributed by atoms with Gasteiger partial charge in [-0.25, -0.2) is 0 Å². The fourth-order valence-corrected chi connectivity index (χ4v) is 2.23. The minimum atomic E-state index is -0.545. The van der Waals surface area contributed by atoms with E-state index in [-0.39, 0.29) is 11.8 Å². The zero-order chi connectivity index (χ0) is 15.7. The summed E-state index contributed by atoms with van der Waals surface area (Å²) in [5.74, 6) is 0.128. The molecule has 1 rings (SSSR count). The molecule has 6 heteroatoms. The van der Waals surface area contributed by atoms with E-state index in [2.05, 4.69) is 24.5 Å². The van der Waals surface area contributed by atoms with Crippen LogP contribution in [0.25, 0.3) is 0 Å². The van der Waals surface area contributed by atoms with Gasteiger partial charge in [0.05, 0.1) is 4.88 Å². The van der Waals surface area contributed by atoms with Gasteiger partial charge < -0.3 is 15.4 Å². The highest BCUT2D eigenvalue weighted by Gasteiger charge is 2.16. The molecule has 0 radical (unpaired) electrons. The van der Waals surface area contributed by atoms with E-state index >= 15 is 0 Å². The maximum Gasteiger partial charge on any atom is 0.261 e. The number of hydrogen-bond donors (Lipinski definition) is 2. The topological polar surface area (TPSA) is 67.4 Å². The van der Waals surface area contributed by atoms with Crippen molar-refractivity contribution < 1.29 is 14.3 Å². The van der Waals surface area contributed by atoms with Crippen molar-refractivity contribution in [3.63, 3.8) is 0 Å². The first-order valence-electron chi connectivity index (χ1n) is 7.20. The van der Waals surface area contributed by atoms with Gasteiger partial charge in [0.2, 0.25) is 5.91 Å². The number of rotatable bonds is 9. The molecule has 0 aliphatic heterocycles. The van der Waals surface area contributed by atoms with Crippen LogP contribution < -0.4 is 10.6 Å². The van der Waals surface area contributed by atoms with Crippen molar-refractivity contribution in [1.82, 2.24) is 10.6 Å².